The first-order valence-corrected chi connectivity index (χ1v) is 11.4. The number of anilines is 1. The van der Waals surface area contributed by atoms with Crippen LogP contribution in [0, 0.1) is 0 Å². The van der Waals surface area contributed by atoms with Crippen molar-refractivity contribution in [3.63, 3.8) is 0 Å². The second kappa shape index (κ2) is 9.88. The molecule has 0 aromatic heterocycles. The van der Waals surface area contributed by atoms with E-state index in [4.69, 9.17) is 11.6 Å². The van der Waals surface area contributed by atoms with Crippen molar-refractivity contribution in [2.45, 2.75) is 4.90 Å². The number of nitrogens with one attached hydrogen (secondary N) is 1. The van der Waals surface area contributed by atoms with Crippen LogP contribution in [-0.4, -0.2) is 27.1 Å². The average Bonchev–Trinajstić information content (AvgIpc) is 2.74. The van der Waals surface area contributed by atoms with E-state index in [0.29, 0.717) is 15.2 Å². The first-order chi connectivity index (χ1) is 14.4. The molecule has 3 rings (SSSR count). The summed E-state index contributed by atoms with van der Waals surface area (Å²) in [7, 11) is -3.96. The lowest BCUT2D eigenvalue weighted by atomic mass is 10.2. The van der Waals surface area contributed by atoms with Crippen molar-refractivity contribution in [1.82, 2.24) is 5.43 Å². The summed E-state index contributed by atoms with van der Waals surface area (Å²) in [6, 6.07) is 21.5. The minimum atomic E-state index is -3.96. The van der Waals surface area contributed by atoms with Gasteiger partial charge in [0.25, 0.3) is 15.9 Å². The lowest BCUT2D eigenvalue weighted by Crippen LogP contribution is -2.39. The van der Waals surface area contributed by atoms with Gasteiger partial charge in [-0.1, -0.05) is 63.9 Å². The van der Waals surface area contributed by atoms with Crippen molar-refractivity contribution in [2.24, 2.45) is 5.10 Å². The molecule has 0 unspecified atom stereocenters. The quantitative estimate of drug-likeness (QED) is 0.380. The number of benzene rings is 3. The fourth-order valence-corrected chi connectivity index (χ4v) is 4.51. The van der Waals surface area contributed by atoms with Gasteiger partial charge in [-0.05, 0) is 48.0 Å². The van der Waals surface area contributed by atoms with Crippen molar-refractivity contribution in [3.8, 4) is 0 Å². The Morgan fingerprint density at radius 3 is 2.40 bits per heavy atom. The lowest BCUT2D eigenvalue weighted by Gasteiger charge is -2.23. The molecular formula is C21H17BrClN3O3S. The summed E-state index contributed by atoms with van der Waals surface area (Å²) in [5.74, 6) is -0.584. The third-order valence-corrected chi connectivity index (χ3v) is 6.52. The van der Waals surface area contributed by atoms with E-state index in [-0.39, 0.29) is 4.90 Å². The van der Waals surface area contributed by atoms with Crippen molar-refractivity contribution in [1.29, 1.82) is 0 Å². The molecular weight excluding hydrogens is 490 g/mol. The first kappa shape index (κ1) is 22.0. The van der Waals surface area contributed by atoms with Crippen LogP contribution in [0.15, 0.2) is 93.3 Å². The Morgan fingerprint density at radius 1 is 1.03 bits per heavy atom. The highest BCUT2D eigenvalue weighted by molar-refractivity contribution is 9.10. The molecule has 0 aliphatic rings. The highest BCUT2D eigenvalue weighted by Crippen LogP contribution is 2.26. The zero-order valence-electron chi connectivity index (χ0n) is 15.6. The summed E-state index contributed by atoms with van der Waals surface area (Å²) in [6.07, 6.45) is 1.45. The predicted octanol–water partition coefficient (Wildman–Crippen LogP) is 4.45. The maximum atomic E-state index is 13.2. The molecule has 30 heavy (non-hydrogen) atoms. The van der Waals surface area contributed by atoms with Crippen LogP contribution < -0.4 is 9.73 Å². The number of carbonyl (C=O) groups is 1. The van der Waals surface area contributed by atoms with Crippen LogP contribution in [0.25, 0.3) is 0 Å². The van der Waals surface area contributed by atoms with Crippen molar-refractivity contribution >= 4 is 55.4 Å². The molecule has 3 aromatic carbocycles. The zero-order valence-corrected chi connectivity index (χ0v) is 18.7. The van der Waals surface area contributed by atoms with Crippen LogP contribution in [-0.2, 0) is 14.8 Å². The Hall–Kier alpha value is -2.68. The SMILES string of the molecule is O=C(CN(c1cccc(Br)c1)S(=O)(=O)c1ccccc1)N/N=C\c1ccc(Cl)cc1. The number of sulfonamides is 1. The number of nitrogens with zero attached hydrogens (tertiary/aromatic N) is 2. The Bertz CT molecular complexity index is 1150. The van der Waals surface area contributed by atoms with E-state index in [9.17, 15) is 13.2 Å². The van der Waals surface area contributed by atoms with Gasteiger partial charge in [-0.15, -0.1) is 0 Å². The molecule has 0 aliphatic heterocycles. The van der Waals surface area contributed by atoms with Gasteiger partial charge < -0.3 is 0 Å². The summed E-state index contributed by atoms with van der Waals surface area (Å²) in [6.45, 7) is -0.439. The van der Waals surface area contributed by atoms with Crippen LogP contribution >= 0.6 is 27.5 Å². The molecule has 0 heterocycles. The minimum absolute atomic E-state index is 0.0856. The van der Waals surface area contributed by atoms with Crippen molar-refractivity contribution in [3.05, 3.63) is 93.9 Å². The highest BCUT2D eigenvalue weighted by Gasteiger charge is 2.27. The topological polar surface area (TPSA) is 78.8 Å². The Kier molecular flexibility index (Phi) is 7.25. The summed E-state index contributed by atoms with van der Waals surface area (Å²) in [5, 5.41) is 4.48. The average molecular weight is 507 g/mol. The molecule has 0 atom stereocenters. The number of hydrogen-bond donors (Lipinski definition) is 1. The van der Waals surface area contributed by atoms with Gasteiger partial charge in [-0.25, -0.2) is 13.8 Å². The van der Waals surface area contributed by atoms with E-state index in [2.05, 4.69) is 26.5 Å². The van der Waals surface area contributed by atoms with E-state index >= 15 is 0 Å². The molecule has 154 valence electrons. The maximum Gasteiger partial charge on any atom is 0.264 e. The van der Waals surface area contributed by atoms with Gasteiger partial charge in [0.1, 0.15) is 6.54 Å². The van der Waals surface area contributed by atoms with Crippen LogP contribution in [0.4, 0.5) is 5.69 Å². The molecule has 1 N–H and O–H groups in total. The number of rotatable bonds is 7. The number of hydrogen-bond acceptors (Lipinski definition) is 4. The molecule has 0 saturated heterocycles. The smallest absolute Gasteiger partial charge is 0.264 e. The van der Waals surface area contributed by atoms with Gasteiger partial charge in [0.15, 0.2) is 0 Å². The molecule has 0 saturated carbocycles. The number of carbonyl (C=O) groups excluding carboxylic acids is 1. The summed E-state index contributed by atoms with van der Waals surface area (Å²) in [4.78, 5) is 12.6. The van der Waals surface area contributed by atoms with E-state index in [0.717, 1.165) is 9.87 Å². The summed E-state index contributed by atoms with van der Waals surface area (Å²) < 4.78 is 28.1. The van der Waals surface area contributed by atoms with Gasteiger partial charge in [0, 0.05) is 9.50 Å². The summed E-state index contributed by atoms with van der Waals surface area (Å²) >= 11 is 9.17. The van der Waals surface area contributed by atoms with E-state index < -0.39 is 22.5 Å². The molecule has 0 fully saturated rings. The van der Waals surface area contributed by atoms with E-state index in [1.54, 1.807) is 66.7 Å². The van der Waals surface area contributed by atoms with Gasteiger partial charge in [-0.3, -0.25) is 9.10 Å². The van der Waals surface area contributed by atoms with Crippen LogP contribution in [0.5, 0.6) is 0 Å². The third-order valence-electron chi connectivity index (χ3n) is 3.99. The first-order valence-electron chi connectivity index (χ1n) is 8.77. The van der Waals surface area contributed by atoms with Crippen LogP contribution in [0.1, 0.15) is 5.56 Å². The molecule has 1 amide bonds. The predicted molar refractivity (Wildman–Crippen MR) is 122 cm³/mol. The fraction of sp³-hybridized carbons (Fsp3) is 0.0476. The normalized spacial score (nSPS) is 11.4. The second-order valence-electron chi connectivity index (χ2n) is 6.15. The third kappa shape index (κ3) is 5.69. The molecule has 0 spiro atoms. The minimum Gasteiger partial charge on any atom is -0.271 e. The number of amides is 1. The molecule has 0 bridgehead atoms. The van der Waals surface area contributed by atoms with E-state index in [1.165, 1.54) is 18.3 Å². The highest BCUT2D eigenvalue weighted by atomic mass is 79.9. The maximum absolute atomic E-state index is 13.2. The van der Waals surface area contributed by atoms with Gasteiger partial charge >= 0.3 is 0 Å². The number of halogens is 2. The second-order valence-corrected chi connectivity index (χ2v) is 9.36. The molecule has 0 radical (unpaired) electrons. The largest absolute Gasteiger partial charge is 0.271 e. The summed E-state index contributed by atoms with van der Waals surface area (Å²) in [5.41, 5.74) is 3.45. The Labute approximate surface area is 188 Å². The molecule has 0 aliphatic carbocycles. The van der Waals surface area contributed by atoms with Crippen LogP contribution in [0.3, 0.4) is 0 Å². The molecule has 6 nitrogen and oxygen atoms in total. The van der Waals surface area contributed by atoms with E-state index in [1.807, 2.05) is 0 Å². The molecule has 9 heteroatoms. The standard InChI is InChI=1S/C21H17BrClN3O3S/c22-17-5-4-6-19(13-17)26(30(28,29)20-7-2-1-3-8-20)15-21(27)25-24-14-16-9-11-18(23)12-10-16/h1-14H,15H2,(H,25,27)/b24-14-. The molecule has 3 aromatic rings. The lowest BCUT2D eigenvalue weighted by molar-refractivity contribution is -0.119. The van der Waals surface area contributed by atoms with Gasteiger partial charge in [0.05, 0.1) is 16.8 Å². The van der Waals surface area contributed by atoms with Crippen molar-refractivity contribution in [2.75, 3.05) is 10.8 Å². The Balaban J connectivity index is 1.82. The van der Waals surface area contributed by atoms with Gasteiger partial charge in [0.2, 0.25) is 0 Å². The monoisotopic (exact) mass is 505 g/mol. The fourth-order valence-electron chi connectivity index (χ4n) is 2.56. The zero-order chi connectivity index (χ0) is 21.6. The van der Waals surface area contributed by atoms with Gasteiger partial charge in [-0.2, -0.15) is 5.10 Å². The van der Waals surface area contributed by atoms with Crippen molar-refractivity contribution < 1.29 is 13.2 Å². The van der Waals surface area contributed by atoms with Crippen LogP contribution in [0.2, 0.25) is 5.02 Å². The number of hydrazone groups is 1. The Morgan fingerprint density at radius 2 is 1.73 bits per heavy atom.